The van der Waals surface area contributed by atoms with Gasteiger partial charge in [-0.2, -0.15) is 16.4 Å². The molecule has 1 amide bonds. The molecule has 28 heavy (non-hydrogen) atoms. The number of carbonyl (C=O) groups excluding carboxylic acids is 1. The molecule has 3 aromatic rings. The number of aromatic nitrogens is 4. The van der Waals surface area contributed by atoms with Gasteiger partial charge in [-0.05, 0) is 41.3 Å². The molecule has 0 aromatic carbocycles. The largest absolute Gasteiger partial charge is 0.347 e. The Hall–Kier alpha value is -2.74. The number of amides is 1. The van der Waals surface area contributed by atoms with E-state index in [-0.39, 0.29) is 18.4 Å². The summed E-state index contributed by atoms with van der Waals surface area (Å²) in [5.74, 6) is 1.01. The van der Waals surface area contributed by atoms with E-state index in [9.17, 15) is 4.79 Å². The van der Waals surface area contributed by atoms with Gasteiger partial charge in [0.25, 0.3) is 0 Å². The normalized spacial score (nSPS) is 16.9. The molecule has 1 atom stereocenters. The van der Waals surface area contributed by atoms with Crippen LogP contribution in [-0.2, 0) is 11.3 Å². The second-order valence-electron chi connectivity index (χ2n) is 7.26. The Balaban J connectivity index is 1.60. The first-order chi connectivity index (χ1) is 13.6. The smallest absolute Gasteiger partial charge is 0.244 e. The van der Waals surface area contributed by atoms with Gasteiger partial charge in [0.05, 0.1) is 5.69 Å². The average molecular weight is 397 g/mol. The van der Waals surface area contributed by atoms with Gasteiger partial charge < -0.3 is 9.80 Å². The van der Waals surface area contributed by atoms with Crippen LogP contribution in [0.15, 0.2) is 41.5 Å². The van der Waals surface area contributed by atoms with Crippen LogP contribution < -0.4 is 4.90 Å². The molecule has 0 saturated carbocycles. The van der Waals surface area contributed by atoms with E-state index in [0.717, 1.165) is 36.2 Å². The van der Waals surface area contributed by atoms with Crippen molar-refractivity contribution in [2.24, 2.45) is 0 Å². The summed E-state index contributed by atoms with van der Waals surface area (Å²) in [5, 5.41) is 8.35. The number of likely N-dealkylation sites (tertiary alicyclic amines) is 1. The van der Waals surface area contributed by atoms with Gasteiger partial charge in [0.2, 0.25) is 11.9 Å². The molecule has 0 aliphatic carbocycles. The van der Waals surface area contributed by atoms with E-state index in [1.807, 2.05) is 42.4 Å². The second kappa shape index (κ2) is 8.10. The lowest BCUT2D eigenvalue weighted by Gasteiger charge is -2.33. The topological polar surface area (TPSA) is 67.2 Å². The van der Waals surface area contributed by atoms with Crippen LogP contribution in [0.4, 0.5) is 5.95 Å². The summed E-state index contributed by atoms with van der Waals surface area (Å²) < 4.78 is 1.68. The van der Waals surface area contributed by atoms with Crippen molar-refractivity contribution in [2.45, 2.75) is 25.3 Å². The monoisotopic (exact) mass is 396 g/mol. The van der Waals surface area contributed by atoms with Crippen LogP contribution in [0.3, 0.4) is 0 Å². The molecule has 0 radical (unpaired) electrons. The van der Waals surface area contributed by atoms with Gasteiger partial charge in [-0.25, -0.2) is 9.97 Å². The van der Waals surface area contributed by atoms with Gasteiger partial charge in [-0.1, -0.05) is 0 Å². The lowest BCUT2D eigenvalue weighted by atomic mass is 9.90. The maximum absolute atomic E-state index is 12.8. The third-order valence-electron chi connectivity index (χ3n) is 5.05. The van der Waals surface area contributed by atoms with Gasteiger partial charge >= 0.3 is 0 Å². The summed E-state index contributed by atoms with van der Waals surface area (Å²) in [6, 6.07) is 3.94. The molecule has 1 unspecified atom stereocenters. The van der Waals surface area contributed by atoms with Crippen molar-refractivity contribution in [1.82, 2.24) is 24.6 Å². The Morgan fingerprint density at radius 3 is 3.00 bits per heavy atom. The van der Waals surface area contributed by atoms with Crippen molar-refractivity contribution in [3.05, 3.63) is 47.2 Å². The molecule has 146 valence electrons. The number of nitrogens with zero attached hydrogens (tertiary/aromatic N) is 6. The van der Waals surface area contributed by atoms with Crippen molar-refractivity contribution in [3.8, 4) is 11.1 Å². The van der Waals surface area contributed by atoms with E-state index in [2.05, 4.69) is 26.9 Å². The van der Waals surface area contributed by atoms with Crippen LogP contribution in [0.25, 0.3) is 11.1 Å². The van der Waals surface area contributed by atoms with E-state index in [0.29, 0.717) is 12.5 Å². The van der Waals surface area contributed by atoms with Crippen molar-refractivity contribution >= 4 is 23.2 Å². The summed E-state index contributed by atoms with van der Waals surface area (Å²) >= 11 is 1.67. The molecule has 0 spiro atoms. The third kappa shape index (κ3) is 3.91. The fourth-order valence-electron chi connectivity index (χ4n) is 3.61. The summed E-state index contributed by atoms with van der Waals surface area (Å²) in [5.41, 5.74) is 3.25. The first-order valence-corrected chi connectivity index (χ1v) is 10.4. The van der Waals surface area contributed by atoms with Crippen LogP contribution in [0, 0.1) is 0 Å². The molecule has 1 aliphatic rings. The van der Waals surface area contributed by atoms with Crippen LogP contribution in [-0.4, -0.2) is 57.7 Å². The number of hydrogen-bond acceptors (Lipinski definition) is 6. The highest BCUT2D eigenvalue weighted by Crippen LogP contribution is 2.34. The van der Waals surface area contributed by atoms with Gasteiger partial charge in [0, 0.05) is 57.3 Å². The Kier molecular flexibility index (Phi) is 5.38. The van der Waals surface area contributed by atoms with Gasteiger partial charge in [-0.3, -0.25) is 9.48 Å². The van der Waals surface area contributed by atoms with Gasteiger partial charge in [0.1, 0.15) is 6.54 Å². The summed E-state index contributed by atoms with van der Waals surface area (Å²) in [4.78, 5) is 26.0. The Morgan fingerprint density at radius 1 is 1.39 bits per heavy atom. The molecule has 0 bridgehead atoms. The maximum atomic E-state index is 12.8. The van der Waals surface area contributed by atoms with Crippen LogP contribution >= 0.6 is 11.3 Å². The minimum Gasteiger partial charge on any atom is -0.347 e. The summed E-state index contributed by atoms with van der Waals surface area (Å²) in [6.45, 7) is 1.75. The van der Waals surface area contributed by atoms with Crippen LogP contribution in [0.2, 0.25) is 0 Å². The van der Waals surface area contributed by atoms with E-state index >= 15 is 0 Å². The highest BCUT2D eigenvalue weighted by molar-refractivity contribution is 7.08. The molecule has 1 fully saturated rings. The Morgan fingerprint density at radius 2 is 2.29 bits per heavy atom. The van der Waals surface area contributed by atoms with E-state index in [4.69, 9.17) is 4.98 Å². The number of hydrogen-bond donors (Lipinski definition) is 0. The number of carbonyl (C=O) groups is 1. The van der Waals surface area contributed by atoms with Gasteiger partial charge in [-0.15, -0.1) is 0 Å². The first kappa shape index (κ1) is 18.6. The van der Waals surface area contributed by atoms with Gasteiger partial charge in [0.15, 0.2) is 0 Å². The molecule has 0 N–H and O–H groups in total. The molecule has 4 heterocycles. The van der Waals surface area contributed by atoms with Crippen LogP contribution in [0.1, 0.15) is 24.5 Å². The zero-order valence-electron chi connectivity index (χ0n) is 16.2. The molecule has 1 saturated heterocycles. The maximum Gasteiger partial charge on any atom is 0.244 e. The molecule has 8 heteroatoms. The minimum atomic E-state index is 0.104. The highest BCUT2D eigenvalue weighted by atomic mass is 32.1. The van der Waals surface area contributed by atoms with E-state index < -0.39 is 0 Å². The fraction of sp³-hybridized carbons (Fsp3) is 0.400. The number of piperidine rings is 1. The number of rotatable bonds is 5. The first-order valence-electron chi connectivity index (χ1n) is 9.44. The SMILES string of the molecule is CN(C)c1ncc(-c2ccsc2)c(C2CCCN(C(=O)Cn3cccn3)C2)n1. The molecular weight excluding hydrogens is 372 g/mol. The van der Waals surface area contributed by atoms with Crippen LogP contribution in [0.5, 0.6) is 0 Å². The molecule has 1 aliphatic heterocycles. The predicted octanol–water partition coefficient (Wildman–Crippen LogP) is 2.87. The van der Waals surface area contributed by atoms with E-state index in [1.165, 1.54) is 0 Å². The van der Waals surface area contributed by atoms with Crippen molar-refractivity contribution < 1.29 is 4.79 Å². The summed E-state index contributed by atoms with van der Waals surface area (Å²) in [6.07, 6.45) is 7.43. The zero-order valence-corrected chi connectivity index (χ0v) is 17.0. The summed E-state index contributed by atoms with van der Waals surface area (Å²) in [7, 11) is 3.90. The quantitative estimate of drug-likeness (QED) is 0.663. The predicted molar refractivity (Wildman–Crippen MR) is 110 cm³/mol. The third-order valence-corrected chi connectivity index (χ3v) is 5.74. The minimum absolute atomic E-state index is 0.104. The Labute approximate surface area is 168 Å². The lowest BCUT2D eigenvalue weighted by molar-refractivity contribution is -0.133. The molecular formula is C20H24N6OS. The van der Waals surface area contributed by atoms with Crippen molar-refractivity contribution in [1.29, 1.82) is 0 Å². The Bertz CT molecular complexity index is 922. The molecule has 3 aromatic heterocycles. The zero-order chi connectivity index (χ0) is 19.5. The fourth-order valence-corrected chi connectivity index (χ4v) is 4.27. The van der Waals surface area contributed by atoms with Crippen molar-refractivity contribution in [3.63, 3.8) is 0 Å². The number of thiophene rings is 1. The average Bonchev–Trinajstić information content (AvgIpc) is 3.42. The van der Waals surface area contributed by atoms with Crippen molar-refractivity contribution in [2.75, 3.05) is 32.1 Å². The lowest BCUT2D eigenvalue weighted by Crippen LogP contribution is -2.41. The molecule has 4 rings (SSSR count). The molecule has 7 nitrogen and oxygen atoms in total. The second-order valence-corrected chi connectivity index (χ2v) is 8.04. The number of anilines is 1. The highest BCUT2D eigenvalue weighted by Gasteiger charge is 2.28. The standard InChI is InChI=1S/C20H24N6OS/c1-24(2)20-21-11-17(16-6-10-28-14-16)19(23-20)15-5-3-8-25(12-15)18(27)13-26-9-4-7-22-26/h4,6-7,9-11,14-15H,3,5,8,12-13H2,1-2H3. The van der Waals surface area contributed by atoms with E-state index in [1.54, 1.807) is 22.2 Å².